The van der Waals surface area contributed by atoms with Crippen molar-refractivity contribution in [2.24, 2.45) is 5.92 Å². The second kappa shape index (κ2) is 5.23. The molecule has 1 nitrogen and oxygen atoms in total. The maximum atomic E-state index is 13.9. The van der Waals surface area contributed by atoms with E-state index in [1.165, 1.54) is 13.0 Å². The summed E-state index contributed by atoms with van der Waals surface area (Å²) in [6, 6.07) is 4.77. The van der Waals surface area contributed by atoms with E-state index in [9.17, 15) is 18.3 Å². The molecule has 0 amide bonds. The molecule has 0 heterocycles. The van der Waals surface area contributed by atoms with E-state index in [2.05, 4.69) is 0 Å². The standard InChI is InChI=1S/C15H18ClF3O/c1-3-7-14(15(17,18)19)9(2)12(20)8-10-5-4-6-11(16)13(10)14/h4-6,9,12,20H,3,7-8H2,1-2H3. The highest BCUT2D eigenvalue weighted by atomic mass is 35.5. The molecule has 20 heavy (non-hydrogen) atoms. The minimum absolute atomic E-state index is 0.0640. The van der Waals surface area contributed by atoms with Gasteiger partial charge in [0.25, 0.3) is 0 Å². The maximum Gasteiger partial charge on any atom is 0.398 e. The monoisotopic (exact) mass is 306 g/mol. The molecule has 0 fully saturated rings. The molecule has 1 aliphatic rings. The van der Waals surface area contributed by atoms with Gasteiger partial charge in [0.2, 0.25) is 0 Å². The van der Waals surface area contributed by atoms with Gasteiger partial charge in [-0.1, -0.05) is 44.0 Å². The predicted molar refractivity (Wildman–Crippen MR) is 73.0 cm³/mol. The zero-order chi connectivity index (χ0) is 15.1. The van der Waals surface area contributed by atoms with Crippen molar-refractivity contribution in [2.45, 2.75) is 50.8 Å². The number of halogens is 4. The van der Waals surface area contributed by atoms with Crippen LogP contribution in [0.15, 0.2) is 18.2 Å². The minimum Gasteiger partial charge on any atom is -0.392 e. The average Bonchev–Trinajstić information content (AvgIpc) is 2.33. The molecule has 0 saturated heterocycles. The van der Waals surface area contributed by atoms with E-state index in [4.69, 9.17) is 11.6 Å². The predicted octanol–water partition coefficient (Wildman–Crippen LogP) is 4.49. The first kappa shape index (κ1) is 15.6. The van der Waals surface area contributed by atoms with Gasteiger partial charge in [-0.15, -0.1) is 0 Å². The number of hydrogen-bond donors (Lipinski definition) is 1. The van der Waals surface area contributed by atoms with Gasteiger partial charge in [0, 0.05) is 10.9 Å². The van der Waals surface area contributed by atoms with Crippen molar-refractivity contribution in [3.63, 3.8) is 0 Å². The lowest BCUT2D eigenvalue weighted by Gasteiger charge is -2.47. The van der Waals surface area contributed by atoms with E-state index in [0.29, 0.717) is 12.0 Å². The normalized spacial score (nSPS) is 30.1. The van der Waals surface area contributed by atoms with Gasteiger partial charge in [0.15, 0.2) is 0 Å². The fraction of sp³-hybridized carbons (Fsp3) is 0.600. The van der Waals surface area contributed by atoms with Crippen molar-refractivity contribution in [2.75, 3.05) is 0 Å². The second-order valence-electron chi connectivity index (χ2n) is 5.55. The fourth-order valence-corrected chi connectivity index (χ4v) is 3.85. The van der Waals surface area contributed by atoms with Gasteiger partial charge >= 0.3 is 6.18 Å². The Labute approximate surface area is 121 Å². The van der Waals surface area contributed by atoms with E-state index in [0.717, 1.165) is 0 Å². The van der Waals surface area contributed by atoms with Crippen LogP contribution in [0.4, 0.5) is 13.2 Å². The molecule has 0 bridgehead atoms. The van der Waals surface area contributed by atoms with Crippen LogP contribution in [0.5, 0.6) is 0 Å². The van der Waals surface area contributed by atoms with Gasteiger partial charge in [0.05, 0.1) is 11.5 Å². The van der Waals surface area contributed by atoms with Crippen molar-refractivity contribution in [1.82, 2.24) is 0 Å². The number of aliphatic hydroxyl groups excluding tert-OH is 1. The summed E-state index contributed by atoms with van der Waals surface area (Å²) in [5, 5.41) is 10.2. The van der Waals surface area contributed by atoms with Crippen LogP contribution in [-0.2, 0) is 11.8 Å². The Morgan fingerprint density at radius 1 is 1.40 bits per heavy atom. The summed E-state index contributed by atoms with van der Waals surface area (Å²) in [5.74, 6) is -0.908. The molecule has 0 aliphatic heterocycles. The van der Waals surface area contributed by atoms with E-state index >= 15 is 0 Å². The van der Waals surface area contributed by atoms with Crippen LogP contribution < -0.4 is 0 Å². The Bertz CT molecular complexity index is 500. The molecule has 5 heteroatoms. The molecule has 0 aromatic heterocycles. The molecule has 1 aromatic carbocycles. The lowest BCUT2D eigenvalue weighted by atomic mass is 9.60. The molecular weight excluding hydrogens is 289 g/mol. The van der Waals surface area contributed by atoms with Crippen molar-refractivity contribution in [1.29, 1.82) is 0 Å². The molecule has 1 aliphatic carbocycles. The van der Waals surface area contributed by atoms with E-state index < -0.39 is 23.6 Å². The number of rotatable bonds is 2. The van der Waals surface area contributed by atoms with Crippen molar-refractivity contribution >= 4 is 11.6 Å². The van der Waals surface area contributed by atoms with Crippen LogP contribution in [-0.4, -0.2) is 17.4 Å². The third-order valence-corrected chi connectivity index (χ3v) is 4.79. The summed E-state index contributed by atoms with van der Waals surface area (Å²) in [7, 11) is 0. The molecule has 1 N–H and O–H groups in total. The smallest absolute Gasteiger partial charge is 0.392 e. The first-order chi connectivity index (χ1) is 9.25. The molecular formula is C15H18ClF3O. The fourth-order valence-electron chi connectivity index (χ4n) is 3.49. The lowest BCUT2D eigenvalue weighted by molar-refractivity contribution is -0.220. The number of aliphatic hydroxyl groups is 1. The highest BCUT2D eigenvalue weighted by Crippen LogP contribution is 2.56. The number of benzene rings is 1. The van der Waals surface area contributed by atoms with Crippen LogP contribution >= 0.6 is 11.6 Å². The average molecular weight is 307 g/mol. The number of hydrogen-bond acceptors (Lipinski definition) is 1. The first-order valence-electron chi connectivity index (χ1n) is 6.78. The summed E-state index contributed by atoms with van der Waals surface area (Å²) >= 11 is 6.10. The Hall–Kier alpha value is -0.740. The quantitative estimate of drug-likeness (QED) is 0.853. The van der Waals surface area contributed by atoms with Gasteiger partial charge in [-0.3, -0.25) is 0 Å². The van der Waals surface area contributed by atoms with Gasteiger partial charge in [-0.25, -0.2) is 0 Å². The zero-order valence-corrected chi connectivity index (χ0v) is 12.2. The summed E-state index contributed by atoms with van der Waals surface area (Å²) in [4.78, 5) is 0. The lowest BCUT2D eigenvalue weighted by Crippen LogP contribution is -2.55. The van der Waals surface area contributed by atoms with Crippen LogP contribution in [0.2, 0.25) is 5.02 Å². The van der Waals surface area contributed by atoms with Gasteiger partial charge < -0.3 is 5.11 Å². The van der Waals surface area contributed by atoms with Gasteiger partial charge in [-0.2, -0.15) is 13.2 Å². The van der Waals surface area contributed by atoms with E-state index in [-0.39, 0.29) is 23.4 Å². The van der Waals surface area contributed by atoms with Gasteiger partial charge in [-0.05, 0) is 30.0 Å². The second-order valence-corrected chi connectivity index (χ2v) is 5.96. The third-order valence-electron chi connectivity index (χ3n) is 4.48. The zero-order valence-electron chi connectivity index (χ0n) is 11.5. The number of alkyl halides is 3. The molecule has 112 valence electrons. The summed E-state index contributed by atoms with van der Waals surface area (Å²) in [6.07, 6.45) is -4.91. The highest BCUT2D eigenvalue weighted by Gasteiger charge is 2.62. The molecule has 0 saturated carbocycles. The third kappa shape index (κ3) is 2.13. The van der Waals surface area contributed by atoms with Crippen LogP contribution in [0.1, 0.15) is 37.8 Å². The first-order valence-corrected chi connectivity index (χ1v) is 7.16. The van der Waals surface area contributed by atoms with Crippen molar-refractivity contribution in [3.05, 3.63) is 34.3 Å². The Kier molecular flexibility index (Phi) is 4.09. The Morgan fingerprint density at radius 3 is 2.60 bits per heavy atom. The van der Waals surface area contributed by atoms with Crippen LogP contribution in [0, 0.1) is 5.92 Å². The Morgan fingerprint density at radius 2 is 2.05 bits per heavy atom. The van der Waals surface area contributed by atoms with E-state index in [1.807, 2.05) is 0 Å². The largest absolute Gasteiger partial charge is 0.398 e. The van der Waals surface area contributed by atoms with Crippen molar-refractivity contribution in [3.8, 4) is 0 Å². The maximum absolute atomic E-state index is 13.9. The molecule has 3 unspecified atom stereocenters. The van der Waals surface area contributed by atoms with Gasteiger partial charge in [0.1, 0.15) is 0 Å². The molecule has 2 rings (SSSR count). The van der Waals surface area contributed by atoms with Crippen LogP contribution in [0.25, 0.3) is 0 Å². The topological polar surface area (TPSA) is 20.2 Å². The Balaban J connectivity index is 2.77. The van der Waals surface area contributed by atoms with Crippen LogP contribution in [0.3, 0.4) is 0 Å². The SMILES string of the molecule is CCCC1(C(F)(F)F)c2c(Cl)cccc2CC(O)C1C. The summed E-state index contributed by atoms with van der Waals surface area (Å²) in [6.45, 7) is 3.19. The molecule has 0 spiro atoms. The van der Waals surface area contributed by atoms with Crippen molar-refractivity contribution < 1.29 is 18.3 Å². The highest BCUT2D eigenvalue weighted by molar-refractivity contribution is 6.31. The summed E-state index contributed by atoms with van der Waals surface area (Å²) < 4.78 is 41.7. The number of fused-ring (bicyclic) bond motifs is 1. The summed E-state index contributed by atoms with van der Waals surface area (Å²) in [5.41, 5.74) is -1.39. The van der Waals surface area contributed by atoms with E-state index in [1.54, 1.807) is 19.1 Å². The molecule has 0 radical (unpaired) electrons. The molecule has 3 atom stereocenters. The molecule has 1 aromatic rings. The minimum atomic E-state index is -4.44.